The largest absolute Gasteiger partial charge is 0.374 e. The first-order chi connectivity index (χ1) is 8.61. The third-order valence-corrected chi connectivity index (χ3v) is 4.11. The highest BCUT2D eigenvalue weighted by molar-refractivity contribution is 7.98. The van der Waals surface area contributed by atoms with Crippen LogP contribution in [0.25, 0.3) is 0 Å². The summed E-state index contributed by atoms with van der Waals surface area (Å²) in [6, 6.07) is -0.165. The van der Waals surface area contributed by atoms with Gasteiger partial charge in [-0.1, -0.05) is 0 Å². The first-order valence-corrected chi connectivity index (χ1v) is 7.69. The Morgan fingerprint density at radius 2 is 2.33 bits per heavy atom. The molecule has 2 saturated heterocycles. The van der Waals surface area contributed by atoms with Gasteiger partial charge in [-0.25, -0.2) is 0 Å². The highest BCUT2D eigenvalue weighted by Crippen LogP contribution is 2.28. The van der Waals surface area contributed by atoms with Crippen molar-refractivity contribution in [1.82, 2.24) is 10.2 Å². The second-order valence-corrected chi connectivity index (χ2v) is 5.86. The maximum absolute atomic E-state index is 12.4. The predicted octanol–water partition coefficient (Wildman–Crippen LogP) is 0.244. The zero-order chi connectivity index (χ0) is 13.1. The lowest BCUT2D eigenvalue weighted by molar-refractivity contribution is -0.140. The minimum Gasteiger partial charge on any atom is -0.374 e. The maximum atomic E-state index is 12.4. The predicted molar refractivity (Wildman–Crippen MR) is 70.5 cm³/mol. The molecule has 0 aromatic carbocycles. The van der Waals surface area contributed by atoms with Crippen molar-refractivity contribution in [3.05, 3.63) is 0 Å². The number of nitrogens with one attached hydrogen (secondary N) is 1. The summed E-state index contributed by atoms with van der Waals surface area (Å²) in [6.45, 7) is 2.78. The van der Waals surface area contributed by atoms with E-state index in [1.165, 1.54) is 6.92 Å². The van der Waals surface area contributed by atoms with Crippen LogP contribution in [0.1, 0.15) is 19.8 Å². The van der Waals surface area contributed by atoms with Crippen LogP contribution in [0.5, 0.6) is 0 Å². The van der Waals surface area contributed by atoms with Crippen LogP contribution in [-0.2, 0) is 14.3 Å². The highest BCUT2D eigenvalue weighted by atomic mass is 32.2. The van der Waals surface area contributed by atoms with E-state index in [0.717, 1.165) is 12.2 Å². The van der Waals surface area contributed by atoms with E-state index < -0.39 is 0 Å². The van der Waals surface area contributed by atoms with Crippen LogP contribution in [-0.4, -0.2) is 60.1 Å². The third kappa shape index (κ3) is 2.98. The number of carbonyl (C=O) groups is 2. The zero-order valence-electron chi connectivity index (χ0n) is 10.8. The normalized spacial score (nSPS) is 27.3. The molecule has 2 heterocycles. The fourth-order valence-electron chi connectivity index (χ4n) is 2.61. The van der Waals surface area contributed by atoms with Gasteiger partial charge in [-0.05, 0) is 24.9 Å². The summed E-state index contributed by atoms with van der Waals surface area (Å²) in [7, 11) is 0. The number of fused-ring (bicyclic) bond motifs is 2. The van der Waals surface area contributed by atoms with Crippen molar-refractivity contribution >= 4 is 23.6 Å². The van der Waals surface area contributed by atoms with Gasteiger partial charge in [0, 0.05) is 13.5 Å². The molecule has 0 aromatic rings. The average molecular weight is 272 g/mol. The van der Waals surface area contributed by atoms with Crippen LogP contribution in [0.15, 0.2) is 0 Å². The molecule has 6 heteroatoms. The van der Waals surface area contributed by atoms with Gasteiger partial charge < -0.3 is 15.0 Å². The second-order valence-electron chi connectivity index (χ2n) is 4.87. The molecule has 3 atom stereocenters. The van der Waals surface area contributed by atoms with Crippen LogP contribution in [0, 0.1) is 0 Å². The van der Waals surface area contributed by atoms with Gasteiger partial charge in [0.25, 0.3) is 0 Å². The smallest absolute Gasteiger partial charge is 0.245 e. The fraction of sp³-hybridized carbons (Fsp3) is 0.833. The second kappa shape index (κ2) is 5.93. The SMILES string of the molecule is CSCCC(NC(C)=O)C(=O)N1CC2CC1CO2. The molecule has 0 radical (unpaired) electrons. The number of rotatable bonds is 5. The van der Waals surface area contributed by atoms with Crippen molar-refractivity contribution < 1.29 is 14.3 Å². The van der Waals surface area contributed by atoms with Gasteiger partial charge in [0.05, 0.1) is 18.8 Å². The standard InChI is InChI=1S/C12H20N2O3S/c1-8(15)13-11(3-4-18-2)12(16)14-6-10-5-9(14)7-17-10/h9-11H,3-7H2,1-2H3,(H,13,15). The Morgan fingerprint density at radius 1 is 1.56 bits per heavy atom. The molecule has 1 N–H and O–H groups in total. The number of ether oxygens (including phenoxy) is 1. The molecule has 2 rings (SSSR count). The monoisotopic (exact) mass is 272 g/mol. The lowest BCUT2D eigenvalue weighted by atomic mass is 10.1. The molecule has 102 valence electrons. The number of amides is 2. The van der Waals surface area contributed by atoms with Crippen molar-refractivity contribution in [2.24, 2.45) is 0 Å². The topological polar surface area (TPSA) is 58.6 Å². The lowest BCUT2D eigenvalue weighted by Crippen LogP contribution is -2.52. The Morgan fingerprint density at radius 3 is 2.83 bits per heavy atom. The van der Waals surface area contributed by atoms with Crippen LogP contribution < -0.4 is 5.32 Å². The quantitative estimate of drug-likeness (QED) is 0.779. The molecule has 2 amide bonds. The molecule has 0 saturated carbocycles. The summed E-state index contributed by atoms with van der Waals surface area (Å²) in [5, 5.41) is 2.77. The van der Waals surface area contributed by atoms with E-state index in [0.29, 0.717) is 19.6 Å². The Labute approximate surface area is 112 Å². The van der Waals surface area contributed by atoms with Crippen LogP contribution >= 0.6 is 11.8 Å². The number of morpholine rings is 1. The summed E-state index contributed by atoms with van der Waals surface area (Å²) in [6.07, 6.45) is 3.84. The van der Waals surface area contributed by atoms with Gasteiger partial charge in [-0.3, -0.25) is 9.59 Å². The van der Waals surface area contributed by atoms with Gasteiger partial charge in [-0.15, -0.1) is 0 Å². The summed E-state index contributed by atoms with van der Waals surface area (Å²) in [4.78, 5) is 25.5. The van der Waals surface area contributed by atoms with Crippen LogP contribution in [0.4, 0.5) is 0 Å². The number of likely N-dealkylation sites (tertiary alicyclic amines) is 1. The van der Waals surface area contributed by atoms with E-state index in [4.69, 9.17) is 4.74 Å². The minimum atomic E-state index is -0.380. The van der Waals surface area contributed by atoms with Crippen molar-refractivity contribution in [3.63, 3.8) is 0 Å². The first-order valence-electron chi connectivity index (χ1n) is 6.30. The molecular weight excluding hydrogens is 252 g/mol. The van der Waals surface area contributed by atoms with Crippen molar-refractivity contribution in [3.8, 4) is 0 Å². The molecule has 0 spiro atoms. The Bertz CT molecular complexity index is 337. The van der Waals surface area contributed by atoms with Gasteiger partial charge in [0.1, 0.15) is 6.04 Å². The zero-order valence-corrected chi connectivity index (χ0v) is 11.7. The lowest BCUT2D eigenvalue weighted by Gasteiger charge is -2.30. The van der Waals surface area contributed by atoms with E-state index >= 15 is 0 Å². The molecule has 2 aliphatic rings. The first kappa shape index (κ1) is 13.7. The van der Waals surface area contributed by atoms with E-state index in [1.54, 1.807) is 11.8 Å². The van der Waals surface area contributed by atoms with E-state index in [1.807, 2.05) is 11.2 Å². The third-order valence-electron chi connectivity index (χ3n) is 3.47. The molecule has 0 aromatic heterocycles. The summed E-state index contributed by atoms with van der Waals surface area (Å²) in [5.41, 5.74) is 0. The molecule has 2 aliphatic heterocycles. The number of hydrogen-bond acceptors (Lipinski definition) is 4. The summed E-state index contributed by atoms with van der Waals surface area (Å²) in [5.74, 6) is 0.778. The van der Waals surface area contributed by atoms with Gasteiger partial charge in [0.15, 0.2) is 0 Å². The summed E-state index contributed by atoms with van der Waals surface area (Å²) >= 11 is 1.69. The molecular formula is C12H20N2O3S. The van der Waals surface area contributed by atoms with Gasteiger partial charge >= 0.3 is 0 Å². The molecule has 2 fully saturated rings. The van der Waals surface area contributed by atoms with Crippen molar-refractivity contribution in [1.29, 1.82) is 0 Å². The van der Waals surface area contributed by atoms with Crippen molar-refractivity contribution in [2.75, 3.05) is 25.2 Å². The molecule has 5 nitrogen and oxygen atoms in total. The van der Waals surface area contributed by atoms with Gasteiger partial charge in [0.2, 0.25) is 11.8 Å². The molecule has 2 bridgehead atoms. The number of thioether (sulfide) groups is 1. The molecule has 0 aliphatic carbocycles. The highest BCUT2D eigenvalue weighted by Gasteiger charge is 2.43. The summed E-state index contributed by atoms with van der Waals surface area (Å²) < 4.78 is 5.49. The molecule has 3 unspecified atom stereocenters. The van der Waals surface area contributed by atoms with E-state index in [2.05, 4.69) is 5.32 Å². The Kier molecular flexibility index (Phi) is 4.50. The maximum Gasteiger partial charge on any atom is 0.245 e. The molecule has 18 heavy (non-hydrogen) atoms. The van der Waals surface area contributed by atoms with Crippen LogP contribution in [0.3, 0.4) is 0 Å². The van der Waals surface area contributed by atoms with E-state index in [-0.39, 0.29) is 30.0 Å². The fourth-order valence-corrected chi connectivity index (χ4v) is 3.08. The Balaban J connectivity index is 1.96. The van der Waals surface area contributed by atoms with E-state index in [9.17, 15) is 9.59 Å². The number of carbonyl (C=O) groups excluding carboxylic acids is 2. The number of nitrogens with zero attached hydrogens (tertiary/aromatic N) is 1. The van der Waals surface area contributed by atoms with Crippen molar-refractivity contribution in [2.45, 2.75) is 38.0 Å². The Hall–Kier alpha value is -0.750. The van der Waals surface area contributed by atoms with Gasteiger partial charge in [-0.2, -0.15) is 11.8 Å². The minimum absolute atomic E-state index is 0.0510. The van der Waals surface area contributed by atoms with Crippen LogP contribution in [0.2, 0.25) is 0 Å². The number of hydrogen-bond donors (Lipinski definition) is 1. The average Bonchev–Trinajstić information content (AvgIpc) is 2.95.